The van der Waals surface area contributed by atoms with E-state index in [-0.39, 0.29) is 5.63 Å². The minimum absolute atomic E-state index is 0.326. The summed E-state index contributed by atoms with van der Waals surface area (Å²) in [6.45, 7) is 9.51. The van der Waals surface area contributed by atoms with Crippen molar-refractivity contribution in [3.63, 3.8) is 0 Å². The summed E-state index contributed by atoms with van der Waals surface area (Å²) in [6, 6.07) is 15.0. The van der Waals surface area contributed by atoms with Crippen LogP contribution in [0.5, 0.6) is 11.5 Å². The molecule has 0 saturated carbocycles. The maximum Gasteiger partial charge on any atom is 0.336 e. The van der Waals surface area contributed by atoms with Gasteiger partial charge >= 0.3 is 5.63 Å². The number of aromatic nitrogens is 1. The average Bonchev–Trinajstić information content (AvgIpc) is 3.25. The van der Waals surface area contributed by atoms with Crippen LogP contribution in [0.2, 0.25) is 0 Å². The van der Waals surface area contributed by atoms with E-state index in [9.17, 15) is 4.79 Å². The fraction of sp³-hybridized carbons (Fsp3) is 0.357. The Balaban J connectivity index is 1.25. The Morgan fingerprint density at radius 3 is 2.47 bits per heavy atom. The number of hydrogen-bond acceptors (Lipinski definition) is 8. The first-order chi connectivity index (χ1) is 17.5. The molecular formula is C28H31N3O5. The second-order valence-corrected chi connectivity index (χ2v) is 8.96. The summed E-state index contributed by atoms with van der Waals surface area (Å²) in [6.07, 6.45) is 0. The van der Waals surface area contributed by atoms with Crippen molar-refractivity contribution in [1.29, 1.82) is 0 Å². The van der Waals surface area contributed by atoms with Crippen molar-refractivity contribution in [2.75, 3.05) is 39.9 Å². The molecule has 0 amide bonds. The van der Waals surface area contributed by atoms with Crippen LogP contribution >= 0.6 is 0 Å². The van der Waals surface area contributed by atoms with Crippen molar-refractivity contribution < 1.29 is 18.3 Å². The van der Waals surface area contributed by atoms with E-state index >= 15 is 0 Å². The van der Waals surface area contributed by atoms with Crippen LogP contribution in [0.1, 0.15) is 23.9 Å². The van der Waals surface area contributed by atoms with Crippen LogP contribution in [0.3, 0.4) is 0 Å². The van der Waals surface area contributed by atoms with E-state index in [0.29, 0.717) is 24.6 Å². The highest BCUT2D eigenvalue weighted by atomic mass is 16.5. The molecule has 5 rings (SSSR count). The fourth-order valence-electron chi connectivity index (χ4n) is 4.66. The van der Waals surface area contributed by atoms with Gasteiger partial charge in [-0.25, -0.2) is 9.78 Å². The summed E-state index contributed by atoms with van der Waals surface area (Å²) in [7, 11) is 1.65. The molecule has 0 bridgehead atoms. The Morgan fingerprint density at radius 2 is 1.72 bits per heavy atom. The number of benzene rings is 2. The van der Waals surface area contributed by atoms with E-state index in [1.165, 1.54) is 0 Å². The largest absolute Gasteiger partial charge is 0.496 e. The third-order valence-electron chi connectivity index (χ3n) is 6.57. The van der Waals surface area contributed by atoms with Gasteiger partial charge in [-0.05, 0) is 49.7 Å². The molecule has 3 heterocycles. The number of fused-ring (bicyclic) bond motifs is 1. The number of oxazole rings is 1. The molecule has 188 valence electrons. The third kappa shape index (κ3) is 5.15. The van der Waals surface area contributed by atoms with Crippen LogP contribution in [0, 0.1) is 6.92 Å². The molecule has 1 fully saturated rings. The van der Waals surface area contributed by atoms with Gasteiger partial charge in [0.2, 0.25) is 5.89 Å². The smallest absolute Gasteiger partial charge is 0.336 e. The lowest BCUT2D eigenvalue weighted by molar-refractivity contribution is 0.121. The number of rotatable bonds is 8. The van der Waals surface area contributed by atoms with E-state index in [0.717, 1.165) is 72.2 Å². The Labute approximate surface area is 210 Å². The molecule has 0 spiro atoms. The number of ether oxygens (including phenoxy) is 2. The highest BCUT2D eigenvalue weighted by molar-refractivity contribution is 5.81. The predicted octanol–water partition coefficient (Wildman–Crippen LogP) is 4.48. The van der Waals surface area contributed by atoms with Gasteiger partial charge in [-0.2, -0.15) is 0 Å². The molecule has 8 heteroatoms. The van der Waals surface area contributed by atoms with Crippen molar-refractivity contribution >= 4 is 11.0 Å². The number of para-hydroxylation sites is 1. The van der Waals surface area contributed by atoms with Gasteiger partial charge in [0.15, 0.2) is 0 Å². The van der Waals surface area contributed by atoms with Gasteiger partial charge in [-0.15, -0.1) is 0 Å². The highest BCUT2D eigenvalue weighted by Crippen LogP contribution is 2.31. The van der Waals surface area contributed by atoms with Gasteiger partial charge in [-0.1, -0.05) is 12.1 Å². The molecule has 2 aromatic carbocycles. The molecule has 0 N–H and O–H groups in total. The molecule has 1 aliphatic heterocycles. The van der Waals surface area contributed by atoms with Gasteiger partial charge in [0.1, 0.15) is 22.8 Å². The second kappa shape index (κ2) is 10.6. The quantitative estimate of drug-likeness (QED) is 0.335. The first-order valence-corrected chi connectivity index (χ1v) is 12.3. The van der Waals surface area contributed by atoms with Crippen LogP contribution in [-0.2, 0) is 13.1 Å². The number of methoxy groups -OCH3 is 1. The van der Waals surface area contributed by atoms with Gasteiger partial charge in [-0.3, -0.25) is 9.80 Å². The Kier molecular flexibility index (Phi) is 7.06. The van der Waals surface area contributed by atoms with Crippen molar-refractivity contribution in [3.05, 3.63) is 76.0 Å². The molecular weight excluding hydrogens is 458 g/mol. The summed E-state index contributed by atoms with van der Waals surface area (Å²) >= 11 is 0. The lowest BCUT2D eigenvalue weighted by Crippen LogP contribution is -2.45. The molecule has 36 heavy (non-hydrogen) atoms. The van der Waals surface area contributed by atoms with E-state index in [2.05, 4.69) is 9.80 Å². The van der Waals surface area contributed by atoms with Crippen molar-refractivity contribution in [3.8, 4) is 23.0 Å². The van der Waals surface area contributed by atoms with Gasteiger partial charge < -0.3 is 18.3 Å². The van der Waals surface area contributed by atoms with Crippen LogP contribution in [-0.4, -0.2) is 54.7 Å². The molecule has 1 aliphatic rings. The molecule has 0 aliphatic carbocycles. The summed E-state index contributed by atoms with van der Waals surface area (Å²) in [4.78, 5) is 21.7. The third-order valence-corrected chi connectivity index (χ3v) is 6.57. The summed E-state index contributed by atoms with van der Waals surface area (Å²) in [5.74, 6) is 2.93. The monoisotopic (exact) mass is 489 g/mol. The molecule has 1 saturated heterocycles. The minimum Gasteiger partial charge on any atom is -0.496 e. The zero-order valence-electron chi connectivity index (χ0n) is 21.0. The second-order valence-electron chi connectivity index (χ2n) is 8.96. The molecule has 2 aromatic heterocycles. The lowest BCUT2D eigenvalue weighted by atomic mass is 10.1. The average molecular weight is 490 g/mol. The van der Waals surface area contributed by atoms with Gasteiger partial charge in [0, 0.05) is 50.7 Å². The standard InChI is InChI=1S/C28H31N3O5/c1-4-34-21-9-10-26-23(16-21)20(15-27(32)36-26)17-30-11-13-31(14-12-30)18-24-19(2)35-28(29-24)22-7-5-6-8-25(22)33-3/h5-10,15-16H,4,11-14,17-18H2,1-3H3. The molecule has 0 unspecified atom stereocenters. The molecule has 8 nitrogen and oxygen atoms in total. The molecule has 0 radical (unpaired) electrons. The zero-order valence-corrected chi connectivity index (χ0v) is 21.0. The first-order valence-electron chi connectivity index (χ1n) is 12.3. The number of piperazine rings is 1. The first kappa shape index (κ1) is 24.1. The Bertz CT molecular complexity index is 1400. The Morgan fingerprint density at radius 1 is 0.972 bits per heavy atom. The highest BCUT2D eigenvalue weighted by Gasteiger charge is 2.22. The van der Waals surface area contributed by atoms with E-state index in [1.54, 1.807) is 13.2 Å². The predicted molar refractivity (Wildman–Crippen MR) is 137 cm³/mol. The van der Waals surface area contributed by atoms with Gasteiger partial charge in [0.05, 0.1) is 25.0 Å². The van der Waals surface area contributed by atoms with Crippen molar-refractivity contribution in [2.45, 2.75) is 26.9 Å². The van der Waals surface area contributed by atoms with E-state index in [1.807, 2.05) is 56.3 Å². The summed E-state index contributed by atoms with van der Waals surface area (Å²) < 4.78 is 22.5. The van der Waals surface area contributed by atoms with E-state index < -0.39 is 0 Å². The number of nitrogens with zero attached hydrogens (tertiary/aromatic N) is 3. The van der Waals surface area contributed by atoms with Crippen LogP contribution in [0.4, 0.5) is 0 Å². The minimum atomic E-state index is -0.326. The van der Waals surface area contributed by atoms with Gasteiger partial charge in [0.25, 0.3) is 0 Å². The van der Waals surface area contributed by atoms with Crippen LogP contribution in [0.15, 0.2) is 62.2 Å². The van der Waals surface area contributed by atoms with Crippen LogP contribution < -0.4 is 15.1 Å². The number of aryl methyl sites for hydroxylation is 1. The summed E-state index contributed by atoms with van der Waals surface area (Å²) in [5.41, 5.74) is 3.02. The van der Waals surface area contributed by atoms with Crippen molar-refractivity contribution in [2.24, 2.45) is 0 Å². The molecule has 4 aromatic rings. The van der Waals surface area contributed by atoms with Crippen molar-refractivity contribution in [1.82, 2.24) is 14.8 Å². The van der Waals surface area contributed by atoms with Crippen LogP contribution in [0.25, 0.3) is 22.4 Å². The molecule has 0 atom stereocenters. The number of hydrogen-bond donors (Lipinski definition) is 0. The fourth-order valence-corrected chi connectivity index (χ4v) is 4.66. The zero-order chi connectivity index (χ0) is 25.1. The maximum atomic E-state index is 12.1. The Hall–Kier alpha value is -3.62. The maximum absolute atomic E-state index is 12.1. The topological polar surface area (TPSA) is 81.2 Å². The lowest BCUT2D eigenvalue weighted by Gasteiger charge is -2.34. The SMILES string of the molecule is CCOc1ccc2oc(=O)cc(CN3CCN(Cc4nc(-c5ccccc5OC)oc4C)CC3)c2c1. The van der Waals surface area contributed by atoms with E-state index in [4.69, 9.17) is 23.3 Å². The normalized spacial score (nSPS) is 14.9. The summed E-state index contributed by atoms with van der Waals surface area (Å²) in [5, 5.41) is 0.921.